The van der Waals surface area contributed by atoms with Crippen LogP contribution in [0.4, 0.5) is 5.69 Å². The van der Waals surface area contributed by atoms with E-state index in [0.717, 1.165) is 10.9 Å². The van der Waals surface area contributed by atoms with E-state index in [2.05, 4.69) is 25.4 Å². The number of nitrogens with two attached hydrogens (primary N) is 2. The Morgan fingerprint density at radius 3 is 2.42 bits per heavy atom. The van der Waals surface area contributed by atoms with Crippen LogP contribution in [0.1, 0.15) is 5.56 Å². The van der Waals surface area contributed by atoms with Gasteiger partial charge in [-0.05, 0) is 24.3 Å². The Balaban J connectivity index is 2.09. The Morgan fingerprint density at radius 2 is 1.62 bits per heavy atom. The van der Waals surface area contributed by atoms with E-state index < -0.39 is 0 Å². The number of hydrogen-bond donors (Lipinski definition) is 2. The molecule has 2 aromatic carbocycles. The number of guanidine groups is 1. The molecule has 1 aromatic heterocycles. The van der Waals surface area contributed by atoms with E-state index in [9.17, 15) is 0 Å². The van der Waals surface area contributed by atoms with E-state index in [-0.39, 0.29) is 11.8 Å². The number of rotatable bonds is 3. The Kier molecular flexibility index (Phi) is 4.52. The number of azo groups is 1. The van der Waals surface area contributed by atoms with Crippen molar-refractivity contribution in [3.05, 3.63) is 72.4 Å². The van der Waals surface area contributed by atoms with E-state index >= 15 is 0 Å². The van der Waals surface area contributed by atoms with Gasteiger partial charge in [0.15, 0.2) is 0 Å². The van der Waals surface area contributed by atoms with Crippen molar-refractivity contribution in [1.29, 1.82) is 0 Å². The summed E-state index contributed by atoms with van der Waals surface area (Å²) in [6.45, 7) is 0. The highest BCUT2D eigenvalue weighted by Gasteiger charge is 2.09. The second kappa shape index (κ2) is 7.10. The van der Waals surface area contributed by atoms with Gasteiger partial charge in [-0.15, -0.1) is 20.4 Å². The zero-order valence-corrected chi connectivity index (χ0v) is 12.7. The maximum Gasteiger partial charge on any atom is 0.211 e. The van der Waals surface area contributed by atoms with Crippen LogP contribution in [-0.4, -0.2) is 16.8 Å². The molecule has 3 rings (SSSR count). The van der Waals surface area contributed by atoms with Crippen LogP contribution >= 0.6 is 0 Å². The van der Waals surface area contributed by atoms with E-state index in [4.69, 9.17) is 11.5 Å². The fraction of sp³-hybridized carbons (Fsp3) is 0. The summed E-state index contributed by atoms with van der Waals surface area (Å²) in [6.07, 6.45) is 1.71. The van der Waals surface area contributed by atoms with Crippen LogP contribution in [0.3, 0.4) is 0 Å². The minimum atomic E-state index is -0.157. The summed E-state index contributed by atoms with van der Waals surface area (Å²) in [5, 5.41) is 17.1. The van der Waals surface area contributed by atoms with Crippen LogP contribution in [0.5, 0.6) is 0 Å². The highest BCUT2D eigenvalue weighted by atomic mass is 15.3. The average Bonchev–Trinajstić information content (AvgIpc) is 2.62. The van der Waals surface area contributed by atoms with Gasteiger partial charge in [0.25, 0.3) is 0 Å². The standard InChI is InChI=1S/C17H15N7/c18-17(19)24-23-16(22-21-13-8-2-1-3-9-13)14-10-4-6-12-7-5-11-20-15(12)14/h1-11H,(H4,18,19,24)/b22-21?,23-16-. The van der Waals surface area contributed by atoms with Crippen LogP contribution in [0.25, 0.3) is 10.9 Å². The number of nitrogens with zero attached hydrogens (tertiary/aromatic N) is 5. The highest BCUT2D eigenvalue weighted by molar-refractivity contribution is 6.08. The lowest BCUT2D eigenvalue weighted by atomic mass is 10.1. The summed E-state index contributed by atoms with van der Waals surface area (Å²) in [5.41, 5.74) is 12.9. The second-order valence-corrected chi connectivity index (χ2v) is 4.86. The molecule has 0 amide bonds. The van der Waals surface area contributed by atoms with Crippen molar-refractivity contribution in [1.82, 2.24) is 4.98 Å². The van der Waals surface area contributed by atoms with Gasteiger partial charge in [0.05, 0.1) is 11.2 Å². The first-order valence-corrected chi connectivity index (χ1v) is 7.21. The third-order valence-corrected chi connectivity index (χ3v) is 3.15. The smallest absolute Gasteiger partial charge is 0.211 e. The van der Waals surface area contributed by atoms with Gasteiger partial charge in [0.2, 0.25) is 11.8 Å². The third-order valence-electron chi connectivity index (χ3n) is 3.15. The fourth-order valence-corrected chi connectivity index (χ4v) is 2.12. The lowest BCUT2D eigenvalue weighted by Crippen LogP contribution is -2.22. The molecule has 0 atom stereocenters. The van der Waals surface area contributed by atoms with E-state index in [1.54, 1.807) is 6.20 Å². The average molecular weight is 317 g/mol. The molecule has 0 aliphatic heterocycles. The highest BCUT2D eigenvalue weighted by Crippen LogP contribution is 2.19. The topological polar surface area (TPSA) is 114 Å². The molecular weight excluding hydrogens is 302 g/mol. The van der Waals surface area contributed by atoms with Crippen molar-refractivity contribution in [2.75, 3.05) is 0 Å². The summed E-state index contributed by atoms with van der Waals surface area (Å²) >= 11 is 0. The van der Waals surface area contributed by atoms with Crippen molar-refractivity contribution >= 4 is 28.4 Å². The minimum Gasteiger partial charge on any atom is -0.369 e. The Bertz CT molecular complexity index is 921. The van der Waals surface area contributed by atoms with E-state index in [0.29, 0.717) is 11.3 Å². The minimum absolute atomic E-state index is 0.157. The van der Waals surface area contributed by atoms with Crippen LogP contribution in [0.2, 0.25) is 0 Å². The number of benzene rings is 2. The Labute approximate surface area is 138 Å². The number of para-hydroxylation sites is 1. The maximum atomic E-state index is 5.37. The predicted molar refractivity (Wildman–Crippen MR) is 95.0 cm³/mol. The molecule has 0 fully saturated rings. The van der Waals surface area contributed by atoms with Crippen molar-refractivity contribution < 1.29 is 0 Å². The number of hydrogen-bond acceptors (Lipinski definition) is 4. The molecule has 0 spiro atoms. The van der Waals surface area contributed by atoms with E-state index in [1.165, 1.54) is 0 Å². The quantitative estimate of drug-likeness (QED) is 0.335. The van der Waals surface area contributed by atoms with Crippen molar-refractivity contribution in [3.8, 4) is 0 Å². The SMILES string of the molecule is NC(N)=N/N=C(\N=Nc1ccccc1)c1cccc2cccnc12. The zero-order chi connectivity index (χ0) is 16.8. The largest absolute Gasteiger partial charge is 0.369 e. The predicted octanol–water partition coefficient (Wildman–Crippen LogP) is 2.95. The second-order valence-electron chi connectivity index (χ2n) is 4.86. The fourth-order valence-electron chi connectivity index (χ4n) is 2.12. The lowest BCUT2D eigenvalue weighted by molar-refractivity contribution is 1.16. The van der Waals surface area contributed by atoms with Crippen LogP contribution < -0.4 is 11.5 Å². The zero-order valence-electron chi connectivity index (χ0n) is 12.7. The van der Waals surface area contributed by atoms with Gasteiger partial charge in [-0.25, -0.2) is 0 Å². The molecule has 0 aliphatic carbocycles. The molecule has 0 aliphatic rings. The normalized spacial score (nSPS) is 11.8. The molecular formula is C17H15N7. The Morgan fingerprint density at radius 1 is 0.833 bits per heavy atom. The summed E-state index contributed by atoms with van der Waals surface area (Å²) in [6, 6.07) is 18.8. The molecule has 0 unspecified atom stereocenters. The van der Waals surface area contributed by atoms with Crippen molar-refractivity contribution in [2.24, 2.45) is 31.9 Å². The summed E-state index contributed by atoms with van der Waals surface area (Å²) in [5.74, 6) is 0.118. The first kappa shape index (κ1) is 15.3. The molecule has 3 aromatic rings. The molecule has 4 N–H and O–H groups in total. The van der Waals surface area contributed by atoms with Crippen molar-refractivity contribution in [3.63, 3.8) is 0 Å². The molecule has 118 valence electrons. The first-order chi connectivity index (χ1) is 11.7. The van der Waals surface area contributed by atoms with Crippen LogP contribution in [-0.2, 0) is 0 Å². The van der Waals surface area contributed by atoms with Crippen molar-refractivity contribution in [2.45, 2.75) is 0 Å². The van der Waals surface area contributed by atoms with Gasteiger partial charge in [-0.1, -0.05) is 36.4 Å². The van der Waals surface area contributed by atoms with E-state index in [1.807, 2.05) is 60.7 Å². The number of aromatic nitrogens is 1. The molecule has 1 heterocycles. The van der Waals surface area contributed by atoms with Gasteiger partial charge in [0, 0.05) is 17.1 Å². The molecule has 0 bridgehead atoms. The number of amidine groups is 1. The number of pyridine rings is 1. The lowest BCUT2D eigenvalue weighted by Gasteiger charge is -2.03. The van der Waals surface area contributed by atoms with Gasteiger partial charge in [0.1, 0.15) is 0 Å². The summed E-state index contributed by atoms with van der Waals surface area (Å²) < 4.78 is 0. The van der Waals surface area contributed by atoms with Crippen LogP contribution in [0, 0.1) is 0 Å². The molecule has 7 nitrogen and oxygen atoms in total. The summed E-state index contributed by atoms with van der Waals surface area (Å²) in [7, 11) is 0. The van der Waals surface area contributed by atoms with Gasteiger partial charge in [-0.3, -0.25) is 4.98 Å². The Hall–Kier alpha value is -3.61. The van der Waals surface area contributed by atoms with Gasteiger partial charge >= 0.3 is 0 Å². The van der Waals surface area contributed by atoms with Crippen LogP contribution in [0.15, 0.2) is 87.3 Å². The maximum absolute atomic E-state index is 5.37. The molecule has 24 heavy (non-hydrogen) atoms. The monoisotopic (exact) mass is 317 g/mol. The molecule has 0 radical (unpaired) electrons. The number of fused-ring (bicyclic) bond motifs is 1. The van der Waals surface area contributed by atoms with Gasteiger partial charge < -0.3 is 11.5 Å². The van der Waals surface area contributed by atoms with Gasteiger partial charge in [-0.2, -0.15) is 0 Å². The molecule has 0 saturated heterocycles. The first-order valence-electron chi connectivity index (χ1n) is 7.21. The molecule has 0 saturated carbocycles. The molecule has 7 heteroatoms. The third kappa shape index (κ3) is 3.58. The summed E-state index contributed by atoms with van der Waals surface area (Å²) in [4.78, 5) is 4.39.